The molecule has 1 saturated heterocycles. The van der Waals surface area contributed by atoms with Gasteiger partial charge in [0.25, 0.3) is 0 Å². The topological polar surface area (TPSA) is 117 Å². The molecule has 1 aliphatic heterocycles. The molecule has 186 valence electrons. The fourth-order valence-corrected chi connectivity index (χ4v) is 5.49. The largest absolute Gasteiger partial charge is 0.465 e. The molecule has 0 bridgehead atoms. The van der Waals surface area contributed by atoms with E-state index in [-0.39, 0.29) is 23.5 Å². The van der Waals surface area contributed by atoms with Crippen LogP contribution >= 0.6 is 0 Å². The number of benzene rings is 2. The van der Waals surface area contributed by atoms with Crippen LogP contribution < -0.4 is 5.73 Å². The van der Waals surface area contributed by atoms with Gasteiger partial charge in [-0.2, -0.15) is 4.31 Å². The summed E-state index contributed by atoms with van der Waals surface area (Å²) in [5.41, 5.74) is 8.05. The number of fused-ring (bicyclic) bond motifs is 1. The molecule has 4 rings (SSSR count). The number of carbonyl (C=O) groups is 1. The predicted octanol–water partition coefficient (Wildman–Crippen LogP) is 2.63. The van der Waals surface area contributed by atoms with Crippen molar-refractivity contribution in [3.05, 3.63) is 59.7 Å². The Morgan fingerprint density at radius 2 is 1.91 bits per heavy atom. The van der Waals surface area contributed by atoms with Crippen LogP contribution in [0.2, 0.25) is 0 Å². The van der Waals surface area contributed by atoms with E-state index in [4.69, 9.17) is 15.2 Å². The summed E-state index contributed by atoms with van der Waals surface area (Å²) in [6.07, 6.45) is 1.28. The molecule has 1 fully saturated rings. The van der Waals surface area contributed by atoms with Crippen molar-refractivity contribution in [1.29, 1.82) is 0 Å². The SMILES string of the molecule is COC(=O)c1cc(-c2ccc(S(=O)(=O)N3CCOCC3)cc2)c2nc(C)n(C/C(F)=C/CN)c2c1. The summed E-state index contributed by atoms with van der Waals surface area (Å²) in [6.45, 7) is 3.05. The maximum atomic E-state index is 14.3. The molecule has 0 aliphatic carbocycles. The first kappa shape index (κ1) is 25.0. The van der Waals surface area contributed by atoms with Crippen molar-refractivity contribution in [2.75, 3.05) is 40.0 Å². The third-order valence-electron chi connectivity index (χ3n) is 5.89. The number of esters is 1. The fourth-order valence-electron chi connectivity index (χ4n) is 4.08. The molecule has 2 aromatic carbocycles. The number of hydrogen-bond donors (Lipinski definition) is 1. The Bertz CT molecular complexity index is 1380. The lowest BCUT2D eigenvalue weighted by molar-refractivity contribution is 0.0601. The van der Waals surface area contributed by atoms with Crippen LogP contribution in [-0.2, 0) is 26.0 Å². The van der Waals surface area contributed by atoms with E-state index in [0.29, 0.717) is 54.3 Å². The number of morpholine rings is 1. The molecular formula is C24H27FN4O5S. The van der Waals surface area contributed by atoms with Crippen molar-refractivity contribution in [3.63, 3.8) is 0 Å². The first-order valence-electron chi connectivity index (χ1n) is 11.1. The molecule has 0 spiro atoms. The molecule has 2 N–H and O–H groups in total. The number of methoxy groups -OCH3 is 1. The summed E-state index contributed by atoms with van der Waals surface area (Å²) in [6, 6.07) is 9.66. The number of imidazole rings is 1. The number of hydrogen-bond acceptors (Lipinski definition) is 7. The predicted molar refractivity (Wildman–Crippen MR) is 129 cm³/mol. The summed E-state index contributed by atoms with van der Waals surface area (Å²) in [7, 11) is -2.37. The molecule has 11 heteroatoms. The van der Waals surface area contributed by atoms with Gasteiger partial charge in [-0.1, -0.05) is 12.1 Å². The normalized spacial score (nSPS) is 15.5. The standard InChI is InChI=1S/C24H27FN4O5S/c1-16-27-23-21(13-18(24(30)33-2)14-22(23)29(16)15-19(25)7-8-26)17-3-5-20(6-4-17)35(31,32)28-9-11-34-12-10-28/h3-7,13-14H,8-12,15,26H2,1-2H3/b19-7-. The van der Waals surface area contributed by atoms with Gasteiger partial charge in [-0.3, -0.25) is 0 Å². The lowest BCUT2D eigenvalue weighted by atomic mass is 10.0. The van der Waals surface area contributed by atoms with Gasteiger partial charge in [0.15, 0.2) is 0 Å². The van der Waals surface area contributed by atoms with Gasteiger partial charge in [0.1, 0.15) is 11.7 Å². The molecule has 0 radical (unpaired) electrons. The number of nitrogens with zero attached hydrogens (tertiary/aromatic N) is 3. The number of ether oxygens (including phenoxy) is 2. The minimum atomic E-state index is -3.65. The number of aromatic nitrogens is 2. The number of nitrogens with two attached hydrogens (primary N) is 1. The molecule has 1 aromatic heterocycles. The molecule has 35 heavy (non-hydrogen) atoms. The lowest BCUT2D eigenvalue weighted by Gasteiger charge is -2.26. The van der Waals surface area contributed by atoms with Gasteiger partial charge in [-0.05, 0) is 42.8 Å². The molecule has 0 amide bonds. The van der Waals surface area contributed by atoms with E-state index in [9.17, 15) is 17.6 Å². The van der Waals surface area contributed by atoms with Crippen molar-refractivity contribution < 1.29 is 27.1 Å². The highest BCUT2D eigenvalue weighted by Crippen LogP contribution is 2.32. The van der Waals surface area contributed by atoms with Crippen LogP contribution in [0.1, 0.15) is 16.2 Å². The van der Waals surface area contributed by atoms with Crippen LogP contribution in [0, 0.1) is 6.92 Å². The Balaban J connectivity index is 1.80. The maximum absolute atomic E-state index is 14.3. The van der Waals surface area contributed by atoms with Crippen molar-refractivity contribution in [3.8, 4) is 11.1 Å². The second-order valence-corrected chi connectivity index (χ2v) is 9.99. The third kappa shape index (κ3) is 4.98. The van der Waals surface area contributed by atoms with Gasteiger partial charge < -0.3 is 19.8 Å². The van der Waals surface area contributed by atoms with Gasteiger partial charge in [0.2, 0.25) is 10.0 Å². The average Bonchev–Trinajstić information content (AvgIpc) is 3.18. The fraction of sp³-hybridized carbons (Fsp3) is 0.333. The van der Waals surface area contributed by atoms with Gasteiger partial charge >= 0.3 is 5.97 Å². The zero-order chi connectivity index (χ0) is 25.2. The second-order valence-electron chi connectivity index (χ2n) is 8.06. The summed E-state index contributed by atoms with van der Waals surface area (Å²) in [5, 5.41) is 0. The zero-order valence-electron chi connectivity index (χ0n) is 19.5. The summed E-state index contributed by atoms with van der Waals surface area (Å²) in [5.74, 6) is -0.420. The van der Waals surface area contributed by atoms with E-state index in [0.717, 1.165) is 0 Å². The number of sulfonamides is 1. The second kappa shape index (κ2) is 10.2. The minimum absolute atomic E-state index is 0.0654. The Hall–Kier alpha value is -3.12. The Morgan fingerprint density at radius 3 is 2.54 bits per heavy atom. The van der Waals surface area contributed by atoms with Crippen molar-refractivity contribution in [2.45, 2.75) is 18.4 Å². The summed E-state index contributed by atoms with van der Waals surface area (Å²) < 4.78 is 53.5. The number of halogens is 1. The Morgan fingerprint density at radius 1 is 1.23 bits per heavy atom. The Labute approximate surface area is 203 Å². The van der Waals surface area contributed by atoms with E-state index >= 15 is 0 Å². The van der Waals surface area contributed by atoms with E-state index < -0.39 is 21.8 Å². The smallest absolute Gasteiger partial charge is 0.337 e. The van der Waals surface area contributed by atoms with Crippen LogP contribution in [0.4, 0.5) is 4.39 Å². The van der Waals surface area contributed by atoms with Crippen molar-refractivity contribution in [1.82, 2.24) is 13.9 Å². The van der Waals surface area contributed by atoms with Crippen LogP contribution in [-0.4, -0.2) is 68.2 Å². The monoisotopic (exact) mass is 502 g/mol. The van der Waals surface area contributed by atoms with Crippen molar-refractivity contribution >= 4 is 27.0 Å². The molecule has 2 heterocycles. The highest BCUT2D eigenvalue weighted by molar-refractivity contribution is 7.89. The van der Waals surface area contributed by atoms with Gasteiger partial charge in [-0.25, -0.2) is 22.6 Å². The molecule has 1 aliphatic rings. The Kier molecular flexibility index (Phi) is 7.31. The van der Waals surface area contributed by atoms with Crippen molar-refractivity contribution in [2.24, 2.45) is 5.73 Å². The highest BCUT2D eigenvalue weighted by atomic mass is 32.2. The van der Waals surface area contributed by atoms with Gasteiger partial charge in [0, 0.05) is 25.2 Å². The van der Waals surface area contributed by atoms with Crippen LogP contribution in [0.15, 0.2) is 53.2 Å². The van der Waals surface area contributed by atoms with E-state index in [1.807, 2.05) is 0 Å². The quantitative estimate of drug-likeness (QED) is 0.494. The minimum Gasteiger partial charge on any atom is -0.465 e. The molecule has 0 saturated carbocycles. The first-order chi connectivity index (χ1) is 16.8. The van der Waals surface area contributed by atoms with Crippen LogP contribution in [0.5, 0.6) is 0 Å². The zero-order valence-corrected chi connectivity index (χ0v) is 20.3. The number of carbonyl (C=O) groups excluding carboxylic acids is 1. The molecule has 0 atom stereocenters. The molecule has 0 unspecified atom stereocenters. The summed E-state index contributed by atoms with van der Waals surface area (Å²) in [4.78, 5) is 17.2. The number of aryl methyl sites for hydroxylation is 1. The van der Waals surface area contributed by atoms with Crippen LogP contribution in [0.3, 0.4) is 0 Å². The van der Waals surface area contributed by atoms with E-state index in [1.165, 1.54) is 29.6 Å². The average molecular weight is 503 g/mol. The first-order valence-corrected chi connectivity index (χ1v) is 12.5. The highest BCUT2D eigenvalue weighted by Gasteiger charge is 2.26. The number of rotatable bonds is 7. The molecule has 9 nitrogen and oxygen atoms in total. The van der Waals surface area contributed by atoms with Gasteiger partial charge in [-0.15, -0.1) is 0 Å². The van der Waals surface area contributed by atoms with Gasteiger partial charge in [0.05, 0.1) is 48.4 Å². The van der Waals surface area contributed by atoms with Crippen LogP contribution in [0.25, 0.3) is 22.2 Å². The summed E-state index contributed by atoms with van der Waals surface area (Å²) >= 11 is 0. The lowest BCUT2D eigenvalue weighted by Crippen LogP contribution is -2.40. The number of allylic oxidation sites excluding steroid dienone is 1. The molecular weight excluding hydrogens is 475 g/mol. The third-order valence-corrected chi connectivity index (χ3v) is 7.80. The maximum Gasteiger partial charge on any atom is 0.337 e. The van der Waals surface area contributed by atoms with E-state index in [2.05, 4.69) is 4.98 Å². The van der Waals surface area contributed by atoms with E-state index in [1.54, 1.807) is 35.8 Å². The molecule has 3 aromatic rings.